The maximum Gasteiger partial charge on any atom is 0.376 e. The lowest BCUT2D eigenvalue weighted by molar-refractivity contribution is 0.0586. The number of ether oxygens (including phenoxy) is 2. The molecule has 13 heteroatoms. The van der Waals surface area contributed by atoms with Crippen molar-refractivity contribution in [2.75, 3.05) is 26.1 Å². The van der Waals surface area contributed by atoms with E-state index >= 15 is 0 Å². The van der Waals surface area contributed by atoms with Crippen LogP contribution in [0.4, 0.5) is 11.5 Å². The van der Waals surface area contributed by atoms with Crippen LogP contribution in [0.15, 0.2) is 42.7 Å². The van der Waals surface area contributed by atoms with Gasteiger partial charge in [-0.3, -0.25) is 4.79 Å². The summed E-state index contributed by atoms with van der Waals surface area (Å²) in [5.41, 5.74) is 10.9. The number of rotatable bonds is 8. The van der Waals surface area contributed by atoms with Crippen molar-refractivity contribution >= 4 is 45.4 Å². The van der Waals surface area contributed by atoms with Crippen LogP contribution >= 0.6 is 0 Å². The van der Waals surface area contributed by atoms with E-state index in [2.05, 4.69) is 30.7 Å². The van der Waals surface area contributed by atoms with Gasteiger partial charge in [0.2, 0.25) is 5.82 Å². The molecular weight excluding hydrogens is 586 g/mol. The summed E-state index contributed by atoms with van der Waals surface area (Å²) in [6.07, 6.45) is 7.43. The number of amides is 1. The van der Waals surface area contributed by atoms with Crippen molar-refractivity contribution in [1.82, 2.24) is 34.0 Å². The molecule has 3 fully saturated rings. The third kappa shape index (κ3) is 4.64. The van der Waals surface area contributed by atoms with Crippen LogP contribution in [-0.2, 0) is 18.3 Å². The summed E-state index contributed by atoms with van der Waals surface area (Å²) < 4.78 is 14.8. The number of nitrogens with zero attached hydrogens (tertiary/aromatic N) is 7. The first-order valence-electron chi connectivity index (χ1n) is 15.6. The van der Waals surface area contributed by atoms with E-state index in [9.17, 15) is 9.59 Å². The number of likely N-dealkylation sites (tertiary alicyclic amines) is 1. The number of pyridine rings is 1. The fourth-order valence-corrected chi connectivity index (χ4v) is 7.13. The van der Waals surface area contributed by atoms with Gasteiger partial charge in [-0.25, -0.2) is 24.7 Å². The molecule has 236 valence electrons. The van der Waals surface area contributed by atoms with Gasteiger partial charge in [-0.05, 0) is 67.9 Å². The van der Waals surface area contributed by atoms with Crippen molar-refractivity contribution in [3.05, 3.63) is 54.1 Å². The van der Waals surface area contributed by atoms with Crippen LogP contribution in [0.3, 0.4) is 0 Å². The average molecular weight is 622 g/mol. The van der Waals surface area contributed by atoms with Crippen molar-refractivity contribution in [2.24, 2.45) is 24.6 Å². The number of esters is 1. The summed E-state index contributed by atoms with van der Waals surface area (Å²) in [7, 11) is 4.89. The molecule has 1 aliphatic heterocycles. The Morgan fingerprint density at radius 1 is 1.04 bits per heavy atom. The first-order valence-corrected chi connectivity index (χ1v) is 15.6. The van der Waals surface area contributed by atoms with Crippen molar-refractivity contribution in [3.63, 3.8) is 0 Å². The molecule has 0 spiro atoms. The first-order chi connectivity index (χ1) is 22.3. The van der Waals surface area contributed by atoms with E-state index in [1.165, 1.54) is 32.3 Å². The monoisotopic (exact) mass is 621 g/mol. The summed E-state index contributed by atoms with van der Waals surface area (Å²) in [5, 5.41) is 4.22. The normalized spacial score (nSPS) is 20.5. The van der Waals surface area contributed by atoms with Crippen molar-refractivity contribution < 1.29 is 19.1 Å². The molecule has 2 bridgehead atoms. The number of fused-ring (bicyclic) bond motifs is 4. The van der Waals surface area contributed by atoms with Gasteiger partial charge in [0.25, 0.3) is 5.91 Å². The summed E-state index contributed by atoms with van der Waals surface area (Å²) in [6.45, 7) is 1.52. The first kappa shape index (κ1) is 28.4. The number of methoxy groups -OCH3 is 2. The highest BCUT2D eigenvalue weighted by molar-refractivity contribution is 6.00. The number of anilines is 2. The zero-order chi connectivity index (χ0) is 31.7. The second kappa shape index (κ2) is 10.8. The van der Waals surface area contributed by atoms with Gasteiger partial charge in [0.15, 0.2) is 5.82 Å². The molecule has 1 saturated heterocycles. The van der Waals surface area contributed by atoms with Crippen molar-refractivity contribution in [1.29, 1.82) is 0 Å². The van der Waals surface area contributed by atoms with Crippen molar-refractivity contribution in [3.8, 4) is 17.3 Å². The lowest BCUT2D eigenvalue weighted by Crippen LogP contribution is -2.41. The largest absolute Gasteiger partial charge is 0.494 e. The minimum atomic E-state index is -0.595. The average Bonchev–Trinajstić information content (AvgIpc) is 3.48. The Labute approximate surface area is 264 Å². The van der Waals surface area contributed by atoms with Crippen LogP contribution in [0.1, 0.15) is 46.7 Å². The Morgan fingerprint density at radius 3 is 2.52 bits per heavy atom. The van der Waals surface area contributed by atoms with Crippen LogP contribution < -0.4 is 15.8 Å². The molecule has 13 nitrogen and oxygen atoms in total. The van der Waals surface area contributed by atoms with Crippen molar-refractivity contribution in [2.45, 2.75) is 44.3 Å². The Bertz CT molecular complexity index is 2010. The molecule has 2 saturated carbocycles. The number of hydrogen-bond acceptors (Lipinski definition) is 10. The van der Waals surface area contributed by atoms with Crippen LogP contribution in [0, 0.1) is 11.8 Å². The molecule has 4 aromatic heterocycles. The molecular formula is C33H35N9O4. The smallest absolute Gasteiger partial charge is 0.376 e. The number of imidazole rings is 1. The minimum absolute atomic E-state index is 0.0118. The van der Waals surface area contributed by atoms with Gasteiger partial charge in [0, 0.05) is 43.2 Å². The van der Waals surface area contributed by atoms with Crippen LogP contribution in [0.2, 0.25) is 0 Å². The van der Waals surface area contributed by atoms with E-state index in [4.69, 9.17) is 20.4 Å². The lowest BCUT2D eigenvalue weighted by Gasteiger charge is -2.27. The number of hydrogen-bond donors (Lipinski definition) is 2. The van der Waals surface area contributed by atoms with Gasteiger partial charge in [0.1, 0.15) is 22.7 Å². The number of carbonyl (C=O) groups excluding carboxylic acids is 2. The summed E-state index contributed by atoms with van der Waals surface area (Å²) in [4.78, 5) is 45.6. The number of nitrogens with one attached hydrogen (secondary N) is 1. The SMILES string of the molecule is COC(=O)c1ncc(Nc2ccc3cc(-c4nc5cc(C(=O)N6C[C@H]7CC[C@@H]6[C@@H]7N)cc(OC)c5n4C)n(CC4CC4)c3n2)cn1. The summed E-state index contributed by atoms with van der Waals surface area (Å²) in [5.74, 6) is 2.30. The highest BCUT2D eigenvalue weighted by Gasteiger charge is 2.47. The molecule has 8 rings (SSSR count). The van der Waals surface area contributed by atoms with Gasteiger partial charge in [0.05, 0.1) is 43.5 Å². The summed E-state index contributed by atoms with van der Waals surface area (Å²) >= 11 is 0. The predicted molar refractivity (Wildman–Crippen MR) is 171 cm³/mol. The van der Waals surface area contributed by atoms with Crippen LogP contribution in [0.25, 0.3) is 33.6 Å². The zero-order valence-electron chi connectivity index (χ0n) is 25.9. The van der Waals surface area contributed by atoms with Gasteiger partial charge in [-0.2, -0.15) is 0 Å². The van der Waals surface area contributed by atoms with Crippen LogP contribution in [0.5, 0.6) is 5.75 Å². The molecule has 5 aromatic rings. The number of benzene rings is 1. The molecule has 0 radical (unpaired) electrons. The Balaban J connectivity index is 1.17. The number of aromatic nitrogens is 6. The topological polar surface area (TPSA) is 155 Å². The standard InChI is InChI=1S/C33H35N9O4/c1-40-28-22(10-20(12-25(28)45-2)32(43)42-16-19-6-8-23(42)27(19)34)38-31(40)24-11-18-7-9-26(39-30(18)41(24)15-17-4-5-17)37-21-13-35-29(36-14-21)33(44)46-3/h7,9-14,17,19,23,27H,4-6,8,15-16,34H2,1-3H3,(H,37,39)/t19-,23-,27-/m1/s1. The molecule has 2 aliphatic carbocycles. The molecule has 5 heterocycles. The fourth-order valence-electron chi connectivity index (χ4n) is 7.13. The van der Waals surface area contributed by atoms with Gasteiger partial charge >= 0.3 is 5.97 Å². The molecule has 0 unspecified atom stereocenters. The maximum atomic E-state index is 13.7. The quantitative estimate of drug-likeness (QED) is 0.244. The molecule has 3 atom stereocenters. The van der Waals surface area contributed by atoms with E-state index in [1.54, 1.807) is 7.11 Å². The third-order valence-electron chi connectivity index (χ3n) is 9.72. The second-order valence-corrected chi connectivity index (χ2v) is 12.6. The molecule has 1 aromatic carbocycles. The zero-order valence-corrected chi connectivity index (χ0v) is 25.9. The Kier molecular flexibility index (Phi) is 6.67. The minimum Gasteiger partial charge on any atom is -0.494 e. The Morgan fingerprint density at radius 2 is 1.85 bits per heavy atom. The number of nitrogens with two attached hydrogens (primary N) is 1. The molecule has 3 N–H and O–H groups in total. The van der Waals surface area contributed by atoms with Gasteiger partial charge in [-0.1, -0.05) is 0 Å². The molecule has 46 heavy (non-hydrogen) atoms. The van der Waals surface area contributed by atoms with E-state index in [1.807, 2.05) is 40.8 Å². The second-order valence-electron chi connectivity index (χ2n) is 12.6. The van der Waals surface area contributed by atoms with Gasteiger partial charge < -0.3 is 34.6 Å². The fraction of sp³-hybridized carbons (Fsp3) is 0.394. The van der Waals surface area contributed by atoms with Gasteiger partial charge in [-0.15, -0.1) is 0 Å². The third-order valence-corrected chi connectivity index (χ3v) is 9.72. The summed E-state index contributed by atoms with van der Waals surface area (Å²) in [6, 6.07) is 9.89. The predicted octanol–water partition coefficient (Wildman–Crippen LogP) is 3.89. The van der Waals surface area contributed by atoms with E-state index in [0.29, 0.717) is 46.7 Å². The molecule has 3 aliphatic rings. The Hall–Kier alpha value is -5.04. The number of piperidine rings is 1. The number of aryl methyl sites for hydroxylation is 1. The van der Waals surface area contributed by atoms with E-state index in [0.717, 1.165) is 47.5 Å². The van der Waals surface area contributed by atoms with E-state index in [-0.39, 0.29) is 23.8 Å². The highest BCUT2D eigenvalue weighted by atomic mass is 16.5. The van der Waals surface area contributed by atoms with Crippen LogP contribution in [-0.4, -0.2) is 78.7 Å². The van der Waals surface area contributed by atoms with E-state index < -0.39 is 5.97 Å². The lowest BCUT2D eigenvalue weighted by atomic mass is 10.1. The highest BCUT2D eigenvalue weighted by Crippen LogP contribution is 2.40. The molecule has 1 amide bonds. The maximum absolute atomic E-state index is 13.7. The number of carbonyl (C=O) groups is 2.